The van der Waals surface area contributed by atoms with Crippen LogP contribution in [0.3, 0.4) is 0 Å². The minimum absolute atomic E-state index is 0.632. The van der Waals surface area contributed by atoms with Gasteiger partial charge in [0.25, 0.3) is 0 Å². The van der Waals surface area contributed by atoms with E-state index in [2.05, 4.69) is 27.2 Å². The SMILES string of the molecule is COc1cccc(C#CC=C2CCN(c3ncccc3NO)CC2)c1. The van der Waals surface area contributed by atoms with Gasteiger partial charge in [0.2, 0.25) is 0 Å². The van der Waals surface area contributed by atoms with Gasteiger partial charge in [0.05, 0.1) is 7.11 Å². The predicted molar refractivity (Wildman–Crippen MR) is 99.0 cm³/mol. The normalized spacial score (nSPS) is 13.7. The van der Waals surface area contributed by atoms with Gasteiger partial charge < -0.3 is 9.64 Å². The predicted octanol–water partition coefficient (Wildman–Crippen LogP) is 3.47. The van der Waals surface area contributed by atoms with Crippen molar-refractivity contribution >= 4 is 11.5 Å². The van der Waals surface area contributed by atoms with Gasteiger partial charge in [-0.25, -0.2) is 4.98 Å². The summed E-state index contributed by atoms with van der Waals surface area (Å²) in [5, 5.41) is 9.21. The molecule has 0 saturated carbocycles. The van der Waals surface area contributed by atoms with Crippen molar-refractivity contribution in [2.45, 2.75) is 12.8 Å². The molecule has 3 rings (SSSR count). The standard InChI is InChI=1S/C20H21N3O2/c1-25-18-8-3-7-17(15-18)6-2-5-16-10-13-23(14-11-16)20-19(22-24)9-4-12-21-20/h3-5,7-9,12,15,22,24H,10-11,13-14H2,1H3. The molecule has 1 aromatic carbocycles. The first-order valence-corrected chi connectivity index (χ1v) is 8.24. The largest absolute Gasteiger partial charge is 0.497 e. The van der Waals surface area contributed by atoms with Crippen molar-refractivity contribution in [1.29, 1.82) is 0 Å². The lowest BCUT2D eigenvalue weighted by Crippen LogP contribution is -2.31. The third kappa shape index (κ3) is 4.31. The molecular formula is C20H21N3O2. The summed E-state index contributed by atoms with van der Waals surface area (Å²) in [6.07, 6.45) is 5.63. The lowest BCUT2D eigenvalue weighted by molar-refractivity contribution is 0.388. The summed E-state index contributed by atoms with van der Waals surface area (Å²) in [7, 11) is 1.65. The zero-order chi connectivity index (χ0) is 17.5. The molecule has 0 amide bonds. The number of pyridine rings is 1. The number of aromatic nitrogens is 1. The summed E-state index contributed by atoms with van der Waals surface area (Å²) in [4.78, 5) is 6.53. The molecule has 0 aliphatic carbocycles. The molecule has 128 valence electrons. The number of ether oxygens (including phenoxy) is 1. The summed E-state index contributed by atoms with van der Waals surface area (Å²) in [5.41, 5.74) is 5.13. The van der Waals surface area contributed by atoms with Crippen LogP contribution in [0.25, 0.3) is 0 Å². The molecule has 5 heteroatoms. The summed E-state index contributed by atoms with van der Waals surface area (Å²) in [6.45, 7) is 1.72. The van der Waals surface area contributed by atoms with Crippen molar-refractivity contribution in [3.63, 3.8) is 0 Å². The molecule has 0 unspecified atom stereocenters. The Kier molecular flexibility index (Phi) is 5.55. The highest BCUT2D eigenvalue weighted by atomic mass is 16.5. The number of allylic oxidation sites excluding steroid dienone is 1. The van der Waals surface area contributed by atoms with Crippen molar-refractivity contribution < 1.29 is 9.94 Å². The van der Waals surface area contributed by atoms with E-state index in [1.54, 1.807) is 19.4 Å². The number of hydrogen-bond acceptors (Lipinski definition) is 5. The van der Waals surface area contributed by atoms with E-state index < -0.39 is 0 Å². The molecule has 1 saturated heterocycles. The topological polar surface area (TPSA) is 57.6 Å². The number of methoxy groups -OCH3 is 1. The third-order valence-electron chi connectivity index (χ3n) is 4.17. The molecule has 25 heavy (non-hydrogen) atoms. The number of hydrogen-bond donors (Lipinski definition) is 2. The molecule has 0 bridgehead atoms. The smallest absolute Gasteiger partial charge is 0.154 e. The fourth-order valence-electron chi connectivity index (χ4n) is 2.81. The Morgan fingerprint density at radius 1 is 1.24 bits per heavy atom. The van der Waals surface area contributed by atoms with Gasteiger partial charge in [0.15, 0.2) is 5.82 Å². The molecule has 0 spiro atoms. The molecule has 5 nitrogen and oxygen atoms in total. The molecule has 1 aliphatic heterocycles. The van der Waals surface area contributed by atoms with Crippen LogP contribution in [0.4, 0.5) is 11.5 Å². The second kappa shape index (κ2) is 8.22. The molecule has 1 aromatic heterocycles. The van der Waals surface area contributed by atoms with Gasteiger partial charge in [-0.2, -0.15) is 0 Å². The van der Waals surface area contributed by atoms with Crippen LogP contribution in [0.15, 0.2) is 54.2 Å². The Labute approximate surface area is 147 Å². The van der Waals surface area contributed by atoms with Crippen LogP contribution in [0.2, 0.25) is 0 Å². The monoisotopic (exact) mass is 335 g/mol. The zero-order valence-corrected chi connectivity index (χ0v) is 14.2. The van der Waals surface area contributed by atoms with Gasteiger partial charge in [0.1, 0.15) is 11.4 Å². The first-order valence-electron chi connectivity index (χ1n) is 8.24. The first kappa shape index (κ1) is 16.9. The lowest BCUT2D eigenvalue weighted by Gasteiger charge is -2.30. The number of rotatable bonds is 3. The Hall–Kier alpha value is -2.97. The number of nitrogens with zero attached hydrogens (tertiary/aromatic N) is 2. The van der Waals surface area contributed by atoms with E-state index >= 15 is 0 Å². The van der Waals surface area contributed by atoms with Gasteiger partial charge in [-0.3, -0.25) is 10.7 Å². The van der Waals surface area contributed by atoms with Gasteiger partial charge >= 0.3 is 0 Å². The second-order valence-electron chi connectivity index (χ2n) is 5.78. The van der Waals surface area contributed by atoms with Crippen LogP contribution in [0, 0.1) is 11.8 Å². The maximum atomic E-state index is 9.21. The van der Waals surface area contributed by atoms with Crippen molar-refractivity contribution in [3.8, 4) is 17.6 Å². The van der Waals surface area contributed by atoms with Crippen molar-refractivity contribution in [1.82, 2.24) is 4.98 Å². The minimum atomic E-state index is 0.632. The molecule has 2 N–H and O–H groups in total. The Balaban J connectivity index is 1.62. The Morgan fingerprint density at radius 3 is 2.84 bits per heavy atom. The average molecular weight is 335 g/mol. The van der Waals surface area contributed by atoms with Crippen LogP contribution in [-0.2, 0) is 0 Å². The van der Waals surface area contributed by atoms with Crippen LogP contribution in [0.1, 0.15) is 18.4 Å². The Morgan fingerprint density at radius 2 is 2.08 bits per heavy atom. The van der Waals surface area contributed by atoms with Gasteiger partial charge in [-0.15, -0.1) is 0 Å². The summed E-state index contributed by atoms with van der Waals surface area (Å²) >= 11 is 0. The van der Waals surface area contributed by atoms with E-state index in [0.29, 0.717) is 5.69 Å². The minimum Gasteiger partial charge on any atom is -0.497 e. The molecule has 0 atom stereocenters. The molecule has 2 aromatic rings. The van der Waals surface area contributed by atoms with Crippen LogP contribution >= 0.6 is 0 Å². The van der Waals surface area contributed by atoms with Crippen LogP contribution in [0.5, 0.6) is 5.75 Å². The maximum absolute atomic E-state index is 9.21. The Bertz CT molecular complexity index is 811. The first-order chi connectivity index (χ1) is 12.3. The highest BCUT2D eigenvalue weighted by molar-refractivity contribution is 5.64. The van der Waals surface area contributed by atoms with Crippen molar-refractivity contribution in [3.05, 3.63) is 59.8 Å². The van der Waals surface area contributed by atoms with E-state index in [9.17, 15) is 5.21 Å². The molecule has 1 fully saturated rings. The second-order valence-corrected chi connectivity index (χ2v) is 5.78. The summed E-state index contributed by atoms with van der Waals surface area (Å²) in [6, 6.07) is 11.4. The number of piperidine rings is 1. The van der Waals surface area contributed by atoms with E-state index in [-0.39, 0.29) is 0 Å². The van der Waals surface area contributed by atoms with E-state index in [1.807, 2.05) is 36.4 Å². The average Bonchev–Trinajstić information content (AvgIpc) is 2.68. The molecule has 0 radical (unpaired) electrons. The number of anilines is 2. The molecule has 2 heterocycles. The number of nitrogens with one attached hydrogen (secondary N) is 1. The summed E-state index contributed by atoms with van der Waals surface area (Å²) in [5.74, 6) is 7.90. The van der Waals surface area contributed by atoms with E-state index in [1.165, 1.54) is 5.57 Å². The lowest BCUT2D eigenvalue weighted by atomic mass is 10.0. The van der Waals surface area contributed by atoms with Crippen molar-refractivity contribution in [2.24, 2.45) is 0 Å². The van der Waals surface area contributed by atoms with Gasteiger partial charge in [0, 0.05) is 24.8 Å². The fraction of sp³-hybridized carbons (Fsp3) is 0.250. The maximum Gasteiger partial charge on any atom is 0.154 e. The van der Waals surface area contributed by atoms with Crippen molar-refractivity contribution in [2.75, 3.05) is 30.6 Å². The van der Waals surface area contributed by atoms with Gasteiger partial charge in [-0.1, -0.05) is 23.5 Å². The van der Waals surface area contributed by atoms with Gasteiger partial charge in [-0.05, 0) is 49.2 Å². The van der Waals surface area contributed by atoms with E-state index in [4.69, 9.17) is 4.74 Å². The van der Waals surface area contributed by atoms with Crippen LogP contribution in [-0.4, -0.2) is 30.4 Å². The highest BCUT2D eigenvalue weighted by Crippen LogP contribution is 2.26. The third-order valence-corrected chi connectivity index (χ3v) is 4.17. The quantitative estimate of drug-likeness (QED) is 0.664. The summed E-state index contributed by atoms with van der Waals surface area (Å²) < 4.78 is 5.21. The van der Waals surface area contributed by atoms with E-state index in [0.717, 1.165) is 43.1 Å². The zero-order valence-electron chi connectivity index (χ0n) is 14.2. The number of benzene rings is 1. The van der Waals surface area contributed by atoms with Crippen LogP contribution < -0.4 is 15.1 Å². The fourth-order valence-corrected chi connectivity index (χ4v) is 2.81. The molecule has 1 aliphatic rings. The molecular weight excluding hydrogens is 314 g/mol. The highest BCUT2D eigenvalue weighted by Gasteiger charge is 2.17.